The molecule has 0 aliphatic carbocycles. The molecule has 40 heavy (non-hydrogen) atoms. The number of piperidine rings is 1. The SMILES string of the molecule is C=C(CN1CCC(C2CCNn3c2nc(-c2ccc(Oc4ccccc4)cc2)c3C(N)=O)CC1)c1ccccc1. The van der Waals surface area contributed by atoms with Gasteiger partial charge in [-0.05, 0) is 85.8 Å². The van der Waals surface area contributed by atoms with Gasteiger partial charge in [0, 0.05) is 24.6 Å². The van der Waals surface area contributed by atoms with Crippen LogP contribution in [-0.2, 0) is 0 Å². The Bertz CT molecular complexity index is 1470. The number of hydrogen-bond acceptors (Lipinski definition) is 5. The summed E-state index contributed by atoms with van der Waals surface area (Å²) in [5, 5.41) is 0. The Morgan fingerprint density at radius 3 is 2.25 bits per heavy atom. The van der Waals surface area contributed by atoms with E-state index >= 15 is 0 Å². The average molecular weight is 534 g/mol. The minimum Gasteiger partial charge on any atom is -0.457 e. The van der Waals surface area contributed by atoms with E-state index in [0.717, 1.165) is 73.9 Å². The van der Waals surface area contributed by atoms with Gasteiger partial charge in [-0.2, -0.15) is 0 Å². The normalized spacial score (nSPS) is 17.6. The summed E-state index contributed by atoms with van der Waals surface area (Å²) < 4.78 is 7.79. The number of amides is 1. The molecule has 7 heteroatoms. The highest BCUT2D eigenvalue weighted by Gasteiger charge is 2.36. The van der Waals surface area contributed by atoms with Crippen LogP contribution in [0.25, 0.3) is 16.8 Å². The fraction of sp³-hybridized carbons (Fsp3) is 0.273. The van der Waals surface area contributed by atoms with E-state index in [0.29, 0.717) is 17.3 Å². The maximum absolute atomic E-state index is 12.7. The molecule has 3 N–H and O–H groups in total. The van der Waals surface area contributed by atoms with Crippen molar-refractivity contribution < 1.29 is 9.53 Å². The minimum atomic E-state index is -0.485. The van der Waals surface area contributed by atoms with E-state index in [-0.39, 0.29) is 5.92 Å². The van der Waals surface area contributed by atoms with Gasteiger partial charge in [0.25, 0.3) is 5.91 Å². The number of hydrogen-bond donors (Lipinski definition) is 2. The Kier molecular flexibility index (Phi) is 7.38. The van der Waals surface area contributed by atoms with E-state index in [1.165, 1.54) is 5.56 Å². The first-order valence-electron chi connectivity index (χ1n) is 14.0. The van der Waals surface area contributed by atoms with Gasteiger partial charge in [-0.3, -0.25) is 9.69 Å². The minimum absolute atomic E-state index is 0.272. The van der Waals surface area contributed by atoms with Gasteiger partial charge in [0.15, 0.2) is 5.69 Å². The molecule has 1 unspecified atom stereocenters. The number of imidazole rings is 1. The second-order valence-corrected chi connectivity index (χ2v) is 10.7. The highest BCUT2D eigenvalue weighted by molar-refractivity contribution is 5.97. The zero-order chi connectivity index (χ0) is 27.5. The molecule has 4 aromatic rings. The smallest absolute Gasteiger partial charge is 0.269 e. The van der Waals surface area contributed by atoms with Gasteiger partial charge in [-0.15, -0.1) is 0 Å². The van der Waals surface area contributed by atoms with Crippen LogP contribution in [-0.4, -0.2) is 46.6 Å². The highest BCUT2D eigenvalue weighted by Crippen LogP contribution is 2.39. The van der Waals surface area contributed by atoms with Crippen LogP contribution in [0.1, 0.15) is 47.1 Å². The molecular formula is C33H35N5O2. The second-order valence-electron chi connectivity index (χ2n) is 10.7. The molecule has 0 spiro atoms. The lowest BCUT2D eigenvalue weighted by Crippen LogP contribution is -2.40. The summed E-state index contributed by atoms with van der Waals surface area (Å²) in [5.41, 5.74) is 13.5. The predicted octanol–water partition coefficient (Wildman–Crippen LogP) is 5.90. The lowest BCUT2D eigenvalue weighted by atomic mass is 9.81. The number of rotatable bonds is 8. The molecule has 7 nitrogen and oxygen atoms in total. The highest BCUT2D eigenvalue weighted by atomic mass is 16.5. The van der Waals surface area contributed by atoms with E-state index < -0.39 is 5.91 Å². The van der Waals surface area contributed by atoms with Crippen LogP contribution in [0.4, 0.5) is 0 Å². The maximum atomic E-state index is 12.7. The van der Waals surface area contributed by atoms with Crippen LogP contribution in [0.5, 0.6) is 11.5 Å². The van der Waals surface area contributed by atoms with Crippen LogP contribution in [0.2, 0.25) is 0 Å². The Morgan fingerprint density at radius 1 is 0.925 bits per heavy atom. The molecule has 6 rings (SSSR count). The number of aromatic nitrogens is 2. The maximum Gasteiger partial charge on any atom is 0.269 e. The zero-order valence-corrected chi connectivity index (χ0v) is 22.6. The van der Waals surface area contributed by atoms with Gasteiger partial charge >= 0.3 is 0 Å². The average Bonchev–Trinajstić information content (AvgIpc) is 3.39. The predicted molar refractivity (Wildman–Crippen MR) is 159 cm³/mol. The van der Waals surface area contributed by atoms with Crippen molar-refractivity contribution in [1.82, 2.24) is 14.6 Å². The van der Waals surface area contributed by atoms with Crippen molar-refractivity contribution in [2.24, 2.45) is 11.7 Å². The van der Waals surface area contributed by atoms with Crippen LogP contribution < -0.4 is 15.9 Å². The Balaban J connectivity index is 1.18. The van der Waals surface area contributed by atoms with E-state index in [2.05, 4.69) is 41.2 Å². The van der Waals surface area contributed by atoms with Crippen molar-refractivity contribution in [2.45, 2.75) is 25.2 Å². The number of nitrogens with one attached hydrogen (secondary N) is 1. The quantitative estimate of drug-likeness (QED) is 0.295. The number of para-hydroxylation sites is 1. The summed E-state index contributed by atoms with van der Waals surface area (Å²) in [5.74, 6) is 2.69. The summed E-state index contributed by atoms with van der Waals surface area (Å²) >= 11 is 0. The van der Waals surface area contributed by atoms with Crippen LogP contribution >= 0.6 is 0 Å². The summed E-state index contributed by atoms with van der Waals surface area (Å²) in [6, 6.07) is 27.7. The molecule has 0 saturated carbocycles. The first kappa shape index (κ1) is 25.9. The van der Waals surface area contributed by atoms with Gasteiger partial charge in [0.2, 0.25) is 0 Å². The number of nitrogens with two attached hydrogens (primary N) is 1. The van der Waals surface area contributed by atoms with E-state index in [1.54, 1.807) is 0 Å². The fourth-order valence-corrected chi connectivity index (χ4v) is 6.04. The monoisotopic (exact) mass is 533 g/mol. The molecule has 1 amide bonds. The first-order valence-corrected chi connectivity index (χ1v) is 14.0. The van der Waals surface area contributed by atoms with Crippen LogP contribution in [0.3, 0.4) is 0 Å². The fourth-order valence-electron chi connectivity index (χ4n) is 6.04. The topological polar surface area (TPSA) is 85.4 Å². The molecule has 204 valence electrons. The molecule has 1 fully saturated rings. The third-order valence-electron chi connectivity index (χ3n) is 8.10. The number of carbonyl (C=O) groups is 1. The Hall–Kier alpha value is -4.36. The summed E-state index contributed by atoms with van der Waals surface area (Å²) in [6.07, 6.45) is 3.17. The number of benzene rings is 3. The van der Waals surface area contributed by atoms with Crippen molar-refractivity contribution in [3.63, 3.8) is 0 Å². The molecule has 3 aromatic carbocycles. The largest absolute Gasteiger partial charge is 0.457 e. The van der Waals surface area contributed by atoms with E-state index in [4.69, 9.17) is 15.5 Å². The molecule has 2 aliphatic heterocycles. The van der Waals surface area contributed by atoms with Gasteiger partial charge in [-0.25, -0.2) is 9.66 Å². The molecule has 1 atom stereocenters. The number of fused-ring (bicyclic) bond motifs is 1. The summed E-state index contributed by atoms with van der Waals surface area (Å²) in [4.78, 5) is 20.2. The van der Waals surface area contributed by atoms with Crippen molar-refractivity contribution >= 4 is 11.5 Å². The van der Waals surface area contributed by atoms with Gasteiger partial charge in [0.05, 0.1) is 0 Å². The Morgan fingerprint density at radius 2 is 1.57 bits per heavy atom. The van der Waals surface area contributed by atoms with Crippen molar-refractivity contribution in [1.29, 1.82) is 0 Å². The zero-order valence-electron chi connectivity index (χ0n) is 22.6. The molecule has 3 heterocycles. The van der Waals surface area contributed by atoms with Crippen molar-refractivity contribution in [3.8, 4) is 22.8 Å². The van der Waals surface area contributed by atoms with Gasteiger partial charge in [0.1, 0.15) is 23.0 Å². The number of ether oxygens (including phenoxy) is 1. The van der Waals surface area contributed by atoms with Gasteiger partial charge < -0.3 is 15.9 Å². The third-order valence-corrected chi connectivity index (χ3v) is 8.10. The van der Waals surface area contributed by atoms with E-state index in [9.17, 15) is 4.79 Å². The summed E-state index contributed by atoms with van der Waals surface area (Å²) in [7, 11) is 0. The number of primary amides is 1. The lowest BCUT2D eigenvalue weighted by Gasteiger charge is -2.38. The molecule has 2 aliphatic rings. The first-order chi connectivity index (χ1) is 19.6. The molecule has 1 saturated heterocycles. The lowest BCUT2D eigenvalue weighted by molar-refractivity contribution is 0.0992. The summed E-state index contributed by atoms with van der Waals surface area (Å²) in [6.45, 7) is 8.05. The molecule has 1 aromatic heterocycles. The van der Waals surface area contributed by atoms with Crippen molar-refractivity contribution in [2.75, 3.05) is 31.6 Å². The molecule has 0 bridgehead atoms. The number of carbonyl (C=O) groups excluding carboxylic acids is 1. The van der Waals surface area contributed by atoms with Crippen LogP contribution in [0.15, 0.2) is 91.5 Å². The second kappa shape index (κ2) is 11.4. The van der Waals surface area contributed by atoms with E-state index in [1.807, 2.05) is 65.3 Å². The third kappa shape index (κ3) is 5.38. The van der Waals surface area contributed by atoms with Crippen molar-refractivity contribution in [3.05, 3.63) is 109 Å². The Labute approximate surface area is 235 Å². The van der Waals surface area contributed by atoms with Crippen LogP contribution in [0, 0.1) is 5.92 Å². The molecule has 0 radical (unpaired) electrons. The number of likely N-dealkylation sites (tertiary alicyclic amines) is 1. The standard InChI is InChI=1S/C33H35N5O2/c1-23(24-8-4-2-5-9-24)22-37-20-17-25(18-21-37)29-16-19-35-38-31(32(34)39)30(36-33(29)38)26-12-14-28(15-13-26)40-27-10-6-3-7-11-27/h2-15,25,29,35H,1,16-22H2,(H2,34,39). The number of nitrogens with zero attached hydrogens (tertiary/aromatic N) is 3. The van der Waals surface area contributed by atoms with Gasteiger partial charge in [-0.1, -0.05) is 55.1 Å². The molecular weight excluding hydrogens is 498 g/mol.